The van der Waals surface area contributed by atoms with Gasteiger partial charge in [-0.15, -0.1) is 0 Å². The van der Waals surface area contributed by atoms with E-state index in [2.05, 4.69) is 123 Å². The van der Waals surface area contributed by atoms with Gasteiger partial charge in [0.15, 0.2) is 0 Å². The minimum atomic E-state index is 0.914. The van der Waals surface area contributed by atoms with E-state index in [9.17, 15) is 0 Å². The van der Waals surface area contributed by atoms with E-state index in [4.69, 9.17) is 4.98 Å². The summed E-state index contributed by atoms with van der Waals surface area (Å²) in [5.74, 6) is 0. The summed E-state index contributed by atoms with van der Waals surface area (Å²) in [6.45, 7) is 0. The predicted molar refractivity (Wildman–Crippen MR) is 156 cm³/mol. The summed E-state index contributed by atoms with van der Waals surface area (Å²) in [6.07, 6.45) is 3.69. The first-order valence-corrected chi connectivity index (χ1v) is 12.8. The van der Waals surface area contributed by atoms with Gasteiger partial charge in [0.2, 0.25) is 0 Å². The van der Waals surface area contributed by atoms with Crippen LogP contribution in [0.15, 0.2) is 134 Å². The van der Waals surface area contributed by atoms with Crippen LogP contribution in [0, 0.1) is 0 Å². The highest BCUT2D eigenvalue weighted by Gasteiger charge is 2.15. The van der Waals surface area contributed by atoms with Crippen LogP contribution in [0.4, 0.5) is 0 Å². The molecule has 0 saturated heterocycles. The molecule has 0 aliphatic carbocycles. The van der Waals surface area contributed by atoms with Crippen molar-refractivity contribution in [2.75, 3.05) is 0 Å². The van der Waals surface area contributed by atoms with Crippen LogP contribution in [0.25, 0.3) is 66.4 Å². The van der Waals surface area contributed by atoms with Gasteiger partial charge in [-0.2, -0.15) is 0 Å². The van der Waals surface area contributed by atoms with Crippen LogP contribution in [0.1, 0.15) is 0 Å². The molecule has 0 amide bonds. The standard InChI is InChI=1S/C34H22N4/c1-3-16-30-27(13-1)28-14-2-4-17-31(28)37(30)25-11-5-9-23(21-25)24-10-6-12-26(22-24)38-32-18-8-19-35-33(32)29-15-7-20-36-34(29)38/h1-22H. The van der Waals surface area contributed by atoms with Crippen LogP contribution < -0.4 is 0 Å². The minimum absolute atomic E-state index is 0.914. The third-order valence-electron chi connectivity index (χ3n) is 7.40. The molecule has 0 N–H and O–H groups in total. The molecule has 0 aliphatic rings. The highest BCUT2D eigenvalue weighted by Crippen LogP contribution is 2.34. The fourth-order valence-corrected chi connectivity index (χ4v) is 5.77. The van der Waals surface area contributed by atoms with E-state index in [1.165, 1.54) is 21.8 Å². The van der Waals surface area contributed by atoms with Gasteiger partial charge in [-0.05, 0) is 71.8 Å². The molecule has 4 heterocycles. The Bertz CT molecular complexity index is 1890. The number of para-hydroxylation sites is 2. The molecule has 0 aliphatic heterocycles. The summed E-state index contributed by atoms with van der Waals surface area (Å²) in [4.78, 5) is 9.38. The number of rotatable bonds is 3. The lowest BCUT2D eigenvalue weighted by Crippen LogP contribution is -1.96. The molecular weight excluding hydrogens is 464 g/mol. The Morgan fingerprint density at radius 3 is 1.68 bits per heavy atom. The molecule has 4 heteroatoms. The van der Waals surface area contributed by atoms with E-state index in [1.807, 2.05) is 24.5 Å². The smallest absolute Gasteiger partial charge is 0.147 e. The van der Waals surface area contributed by atoms with Gasteiger partial charge in [-0.1, -0.05) is 60.7 Å². The second kappa shape index (κ2) is 8.15. The first kappa shape index (κ1) is 20.9. The van der Waals surface area contributed by atoms with Crippen molar-refractivity contribution in [3.63, 3.8) is 0 Å². The van der Waals surface area contributed by atoms with Crippen molar-refractivity contribution in [2.24, 2.45) is 0 Å². The maximum atomic E-state index is 4.72. The summed E-state index contributed by atoms with van der Waals surface area (Å²) >= 11 is 0. The first-order chi connectivity index (χ1) is 18.9. The lowest BCUT2D eigenvalue weighted by Gasteiger charge is -2.12. The number of benzene rings is 4. The second-order valence-corrected chi connectivity index (χ2v) is 9.55. The quantitative estimate of drug-likeness (QED) is 0.252. The van der Waals surface area contributed by atoms with E-state index in [1.54, 1.807) is 0 Å². The predicted octanol–water partition coefficient (Wildman–Crippen LogP) is 8.34. The summed E-state index contributed by atoms with van der Waals surface area (Å²) in [7, 11) is 0. The molecule has 0 bridgehead atoms. The average Bonchev–Trinajstić information content (AvgIpc) is 3.51. The largest absolute Gasteiger partial charge is 0.309 e. The van der Waals surface area contributed by atoms with Crippen LogP contribution in [-0.2, 0) is 0 Å². The zero-order chi connectivity index (χ0) is 25.1. The van der Waals surface area contributed by atoms with Crippen LogP contribution in [0.2, 0.25) is 0 Å². The molecule has 0 saturated carbocycles. The van der Waals surface area contributed by atoms with Crippen molar-refractivity contribution in [1.29, 1.82) is 0 Å². The van der Waals surface area contributed by atoms with E-state index in [-0.39, 0.29) is 0 Å². The molecule has 0 radical (unpaired) electrons. The van der Waals surface area contributed by atoms with Crippen LogP contribution in [-0.4, -0.2) is 19.1 Å². The average molecular weight is 487 g/mol. The molecule has 38 heavy (non-hydrogen) atoms. The number of fused-ring (bicyclic) bond motifs is 6. The van der Waals surface area contributed by atoms with Gasteiger partial charge in [0, 0.05) is 39.9 Å². The summed E-state index contributed by atoms with van der Waals surface area (Å²) in [6, 6.07) is 42.9. The molecule has 4 nitrogen and oxygen atoms in total. The van der Waals surface area contributed by atoms with Gasteiger partial charge >= 0.3 is 0 Å². The molecule has 178 valence electrons. The van der Waals surface area contributed by atoms with Gasteiger partial charge in [-0.25, -0.2) is 4.98 Å². The Hall–Kier alpha value is -5.22. The van der Waals surface area contributed by atoms with Gasteiger partial charge in [0.05, 0.1) is 22.1 Å². The summed E-state index contributed by atoms with van der Waals surface area (Å²) < 4.78 is 4.57. The fourth-order valence-electron chi connectivity index (χ4n) is 5.77. The molecule has 0 unspecified atom stereocenters. The lowest BCUT2D eigenvalue weighted by molar-refractivity contribution is 1.13. The summed E-state index contributed by atoms with van der Waals surface area (Å²) in [5.41, 5.74) is 9.89. The van der Waals surface area contributed by atoms with E-state index >= 15 is 0 Å². The van der Waals surface area contributed by atoms with E-state index < -0.39 is 0 Å². The number of pyridine rings is 2. The lowest BCUT2D eigenvalue weighted by atomic mass is 10.0. The highest BCUT2D eigenvalue weighted by atomic mass is 15.1. The Morgan fingerprint density at radius 2 is 0.974 bits per heavy atom. The van der Waals surface area contributed by atoms with Crippen molar-refractivity contribution < 1.29 is 0 Å². The molecule has 0 spiro atoms. The van der Waals surface area contributed by atoms with Crippen molar-refractivity contribution in [3.8, 4) is 22.5 Å². The molecule has 8 rings (SSSR count). The Labute approximate surface area is 219 Å². The van der Waals surface area contributed by atoms with Crippen LogP contribution >= 0.6 is 0 Å². The van der Waals surface area contributed by atoms with Crippen molar-refractivity contribution in [3.05, 3.63) is 134 Å². The SMILES string of the molecule is c1cc(-c2cccc(-n3c4cccnc4c4cccnc43)c2)cc(-n2c3ccccc3c3ccccc32)c1. The molecule has 0 fully saturated rings. The van der Waals surface area contributed by atoms with Gasteiger partial charge in [0.1, 0.15) is 5.65 Å². The maximum absolute atomic E-state index is 4.72. The zero-order valence-electron chi connectivity index (χ0n) is 20.5. The minimum Gasteiger partial charge on any atom is -0.309 e. The number of aromatic nitrogens is 4. The topological polar surface area (TPSA) is 35.6 Å². The van der Waals surface area contributed by atoms with E-state index in [0.717, 1.165) is 44.6 Å². The third kappa shape index (κ3) is 3.04. The van der Waals surface area contributed by atoms with E-state index in [0.29, 0.717) is 0 Å². The Kier molecular flexibility index (Phi) is 4.49. The first-order valence-electron chi connectivity index (χ1n) is 12.8. The van der Waals surface area contributed by atoms with Crippen molar-refractivity contribution in [1.82, 2.24) is 19.1 Å². The molecule has 4 aromatic carbocycles. The van der Waals surface area contributed by atoms with Gasteiger partial charge < -0.3 is 4.57 Å². The zero-order valence-corrected chi connectivity index (χ0v) is 20.5. The number of hydrogen-bond acceptors (Lipinski definition) is 2. The Balaban J connectivity index is 1.32. The highest BCUT2D eigenvalue weighted by molar-refractivity contribution is 6.09. The molecule has 8 aromatic rings. The maximum Gasteiger partial charge on any atom is 0.147 e. The third-order valence-corrected chi connectivity index (χ3v) is 7.40. The van der Waals surface area contributed by atoms with Crippen LogP contribution in [0.3, 0.4) is 0 Å². The van der Waals surface area contributed by atoms with Crippen molar-refractivity contribution >= 4 is 43.9 Å². The molecular formula is C34H22N4. The van der Waals surface area contributed by atoms with Crippen molar-refractivity contribution in [2.45, 2.75) is 0 Å². The van der Waals surface area contributed by atoms with Gasteiger partial charge in [0.25, 0.3) is 0 Å². The van der Waals surface area contributed by atoms with Gasteiger partial charge in [-0.3, -0.25) is 9.55 Å². The van der Waals surface area contributed by atoms with Crippen LogP contribution in [0.5, 0.6) is 0 Å². The monoisotopic (exact) mass is 486 g/mol. The Morgan fingerprint density at radius 1 is 0.421 bits per heavy atom. The normalized spacial score (nSPS) is 11.7. The number of nitrogens with zero attached hydrogens (tertiary/aromatic N) is 4. The fraction of sp³-hybridized carbons (Fsp3) is 0. The number of hydrogen-bond donors (Lipinski definition) is 0. The summed E-state index contributed by atoms with van der Waals surface area (Å²) in [5, 5.41) is 3.59. The molecule has 4 aromatic heterocycles. The second-order valence-electron chi connectivity index (χ2n) is 9.55. The molecule has 0 atom stereocenters.